The van der Waals surface area contributed by atoms with Gasteiger partial charge in [-0.25, -0.2) is 0 Å². The fraction of sp³-hybridized carbons (Fsp3) is 0. The number of hydrogen-bond donors (Lipinski definition) is 3. The van der Waals surface area contributed by atoms with Gasteiger partial charge >= 0.3 is 29.6 Å². The van der Waals surface area contributed by atoms with E-state index in [4.69, 9.17) is 9.11 Å². The van der Waals surface area contributed by atoms with Crippen molar-refractivity contribution in [3.63, 3.8) is 0 Å². The molecule has 0 aliphatic carbocycles. The molecule has 2 rings (SSSR count). The Morgan fingerprint density at radius 1 is 0.810 bits per heavy atom. The van der Waals surface area contributed by atoms with Crippen molar-refractivity contribution in [1.82, 2.24) is 0 Å². The van der Waals surface area contributed by atoms with Crippen molar-refractivity contribution in [2.75, 3.05) is 0 Å². The number of benzene rings is 2. The van der Waals surface area contributed by atoms with Crippen molar-refractivity contribution in [1.29, 1.82) is 0 Å². The number of rotatable bonds is 2. The van der Waals surface area contributed by atoms with Crippen molar-refractivity contribution in [3.8, 4) is 11.5 Å². The molecule has 21 heavy (non-hydrogen) atoms. The summed E-state index contributed by atoms with van der Waals surface area (Å²) >= 11 is 0. The van der Waals surface area contributed by atoms with E-state index in [1.165, 1.54) is 0 Å². The Balaban J connectivity index is 0.00000220. The van der Waals surface area contributed by atoms with Crippen LogP contribution >= 0.6 is 0 Å². The van der Waals surface area contributed by atoms with Crippen LogP contribution in [0.15, 0.2) is 34.1 Å². The van der Waals surface area contributed by atoms with Crippen LogP contribution in [0.25, 0.3) is 10.8 Å². The molecule has 11 heteroatoms. The van der Waals surface area contributed by atoms with Crippen molar-refractivity contribution < 1.29 is 65.7 Å². The molecule has 0 saturated heterocycles. The predicted molar refractivity (Wildman–Crippen MR) is 64.7 cm³/mol. The van der Waals surface area contributed by atoms with E-state index < -0.39 is 41.5 Å². The number of phenolic OH excluding ortho intramolecular Hbond substituents is 1. The largest absolute Gasteiger partial charge is 1.00 e. The number of aromatic hydroxyl groups is 1. The van der Waals surface area contributed by atoms with Gasteiger partial charge in [-0.05, 0) is 29.0 Å². The first-order valence-corrected chi connectivity index (χ1v) is 7.81. The van der Waals surface area contributed by atoms with Crippen LogP contribution in [0.3, 0.4) is 0 Å². The molecular formula is C10H7NaO8S2. The molecule has 0 aliphatic heterocycles. The molecular weight excluding hydrogens is 335 g/mol. The quantitative estimate of drug-likeness (QED) is 0.389. The summed E-state index contributed by atoms with van der Waals surface area (Å²) in [7, 11) is -9.49. The Labute approximate surface area is 141 Å². The van der Waals surface area contributed by atoms with E-state index in [0.29, 0.717) is 0 Å². The molecule has 0 bridgehead atoms. The zero-order valence-corrected chi connectivity index (χ0v) is 14.1. The van der Waals surface area contributed by atoms with Gasteiger partial charge in [0.25, 0.3) is 20.2 Å². The number of fused-ring (bicyclic) bond motifs is 1. The molecule has 0 fully saturated rings. The van der Waals surface area contributed by atoms with E-state index >= 15 is 0 Å². The standard InChI is InChI=1S/C10H8O8S2.Na/c11-7-1-5-2-8(12)10(20(16,17)18)4-6(5)3-9(7)19(13,14)15;/h1-4,11-12H,(H,13,14,15)(H,16,17,18);/q;+1/p-1. The third-order valence-electron chi connectivity index (χ3n) is 2.54. The SMILES string of the molecule is O=S(=O)(O)c1cc2cc(S(=O)(=O)O)c(O)cc2cc1[O-].[Na+]. The summed E-state index contributed by atoms with van der Waals surface area (Å²) in [4.78, 5) is -1.78. The van der Waals surface area contributed by atoms with Gasteiger partial charge in [-0.1, -0.05) is 11.8 Å². The van der Waals surface area contributed by atoms with Gasteiger partial charge in [0.1, 0.15) is 10.6 Å². The molecule has 0 amide bonds. The number of phenols is 1. The van der Waals surface area contributed by atoms with Crippen LogP contribution in [-0.2, 0) is 20.2 Å². The van der Waals surface area contributed by atoms with Gasteiger partial charge in [0, 0.05) is 0 Å². The maximum Gasteiger partial charge on any atom is 1.00 e. The average Bonchev–Trinajstić information content (AvgIpc) is 2.24. The van der Waals surface area contributed by atoms with Crippen LogP contribution in [0, 0.1) is 0 Å². The van der Waals surface area contributed by atoms with Crippen molar-refractivity contribution >= 4 is 31.0 Å². The van der Waals surface area contributed by atoms with Gasteiger partial charge < -0.3 is 10.2 Å². The molecule has 108 valence electrons. The number of hydrogen-bond acceptors (Lipinski definition) is 6. The first-order chi connectivity index (χ1) is 9.00. The van der Waals surface area contributed by atoms with E-state index in [9.17, 15) is 27.0 Å². The molecule has 0 heterocycles. The van der Waals surface area contributed by atoms with E-state index in [1.807, 2.05) is 0 Å². The monoisotopic (exact) mass is 342 g/mol. The Hall–Kier alpha value is -0.880. The first-order valence-electron chi connectivity index (χ1n) is 4.93. The fourth-order valence-corrected chi connectivity index (χ4v) is 2.87. The molecule has 2 aromatic rings. The van der Waals surface area contributed by atoms with Gasteiger partial charge in [-0.3, -0.25) is 9.11 Å². The Bertz CT molecular complexity index is 845. The van der Waals surface area contributed by atoms with Gasteiger partial charge in [0.2, 0.25) is 0 Å². The summed E-state index contributed by atoms with van der Waals surface area (Å²) in [5.74, 6) is -1.81. The molecule has 8 nitrogen and oxygen atoms in total. The second kappa shape index (κ2) is 5.72. The first kappa shape index (κ1) is 18.2. The van der Waals surface area contributed by atoms with E-state index in [2.05, 4.69) is 0 Å². The normalized spacial score (nSPS) is 12.1. The molecule has 0 unspecified atom stereocenters. The van der Waals surface area contributed by atoms with Gasteiger partial charge in [-0.2, -0.15) is 16.8 Å². The predicted octanol–water partition coefficient (Wildman–Crippen LogP) is -2.88. The van der Waals surface area contributed by atoms with Crippen molar-refractivity contribution in [2.45, 2.75) is 9.79 Å². The van der Waals surface area contributed by atoms with Gasteiger partial charge in [-0.15, -0.1) is 0 Å². The smallest absolute Gasteiger partial charge is 0.872 e. The van der Waals surface area contributed by atoms with Crippen LogP contribution < -0.4 is 34.7 Å². The molecule has 0 atom stereocenters. The summed E-state index contributed by atoms with van der Waals surface area (Å²) in [5.41, 5.74) is 0. The second-order valence-corrected chi connectivity index (χ2v) is 6.70. The Kier molecular flexibility index (Phi) is 4.95. The molecule has 2 aromatic carbocycles. The van der Waals surface area contributed by atoms with Gasteiger partial charge in [0.05, 0.1) is 4.90 Å². The van der Waals surface area contributed by atoms with Crippen LogP contribution in [-0.4, -0.2) is 31.0 Å². The third-order valence-corrected chi connectivity index (χ3v) is 4.29. The summed E-state index contributed by atoms with van der Waals surface area (Å²) < 4.78 is 61.8. The average molecular weight is 342 g/mol. The second-order valence-electron chi connectivity index (χ2n) is 3.92. The minimum atomic E-state index is -4.77. The Morgan fingerprint density at radius 2 is 1.24 bits per heavy atom. The molecule has 0 radical (unpaired) electrons. The van der Waals surface area contributed by atoms with Crippen LogP contribution in [0.1, 0.15) is 0 Å². The van der Waals surface area contributed by atoms with Gasteiger partial charge in [0.15, 0.2) is 0 Å². The van der Waals surface area contributed by atoms with Crippen molar-refractivity contribution in [2.24, 2.45) is 0 Å². The summed E-state index contributed by atoms with van der Waals surface area (Å²) in [6, 6.07) is 3.23. The topological polar surface area (TPSA) is 152 Å². The maximum atomic E-state index is 11.5. The molecule has 0 saturated carbocycles. The van der Waals surface area contributed by atoms with Crippen molar-refractivity contribution in [3.05, 3.63) is 24.3 Å². The molecule has 0 aliphatic rings. The van der Waals surface area contributed by atoms with E-state index in [1.54, 1.807) is 0 Å². The van der Waals surface area contributed by atoms with E-state index in [-0.39, 0.29) is 40.3 Å². The summed E-state index contributed by atoms with van der Waals surface area (Å²) in [6.07, 6.45) is 0. The van der Waals surface area contributed by atoms with Crippen LogP contribution in [0.5, 0.6) is 11.5 Å². The van der Waals surface area contributed by atoms with Crippen LogP contribution in [0.2, 0.25) is 0 Å². The minimum absolute atomic E-state index is 0. The summed E-state index contributed by atoms with van der Waals surface area (Å²) in [6.45, 7) is 0. The van der Waals surface area contributed by atoms with E-state index in [0.717, 1.165) is 24.3 Å². The molecule has 0 spiro atoms. The fourth-order valence-electron chi connectivity index (χ4n) is 1.68. The zero-order chi connectivity index (χ0) is 15.3. The zero-order valence-electron chi connectivity index (χ0n) is 10.5. The van der Waals surface area contributed by atoms with Crippen LogP contribution in [0.4, 0.5) is 0 Å². The molecule has 0 aromatic heterocycles. The third kappa shape index (κ3) is 3.66. The molecule has 3 N–H and O–H groups in total. The Morgan fingerprint density at radius 3 is 1.71 bits per heavy atom. The minimum Gasteiger partial charge on any atom is -0.872 e. The maximum absolute atomic E-state index is 11.5. The summed E-state index contributed by atoms with van der Waals surface area (Å²) in [5, 5.41) is 20.9.